The Kier molecular flexibility index (Phi) is 3.39. The zero-order valence-electron chi connectivity index (χ0n) is 4.31. The quantitative estimate of drug-likeness (QED) is 0.503. The Morgan fingerprint density at radius 2 is 2.29 bits per heavy atom. The van der Waals surface area contributed by atoms with Crippen molar-refractivity contribution in [3.63, 3.8) is 0 Å². The molecule has 1 radical (unpaired) electrons. The molecule has 1 saturated heterocycles. The van der Waals surface area contributed by atoms with E-state index in [1.54, 1.807) is 0 Å². The molecule has 0 aromatic carbocycles. The van der Waals surface area contributed by atoms with Crippen LogP contribution in [0.15, 0.2) is 0 Å². The van der Waals surface area contributed by atoms with E-state index in [0.717, 1.165) is 0 Å². The summed E-state index contributed by atoms with van der Waals surface area (Å²) in [5.41, 5.74) is 0. The fraction of sp³-hybridized carbons (Fsp3) is 0.800. The highest BCUT2D eigenvalue weighted by atomic mass is 35.5. The van der Waals surface area contributed by atoms with E-state index in [1.165, 1.54) is 19.4 Å². The minimum absolute atomic E-state index is 0. The Labute approximate surface area is 50.9 Å². The molecule has 7 heavy (non-hydrogen) atoms. The Morgan fingerprint density at radius 1 is 1.57 bits per heavy atom. The number of hydrogen-bond acceptors (Lipinski definition) is 1. The molecule has 0 aliphatic carbocycles. The van der Waals surface area contributed by atoms with Gasteiger partial charge in [0.25, 0.3) is 0 Å². The Balaban J connectivity index is 0.000000360. The van der Waals surface area contributed by atoms with Crippen LogP contribution in [0.2, 0.25) is 0 Å². The van der Waals surface area contributed by atoms with Crippen LogP contribution in [0.3, 0.4) is 0 Å². The first-order valence-electron chi connectivity index (χ1n) is 2.46. The van der Waals surface area contributed by atoms with Crippen LogP contribution in [-0.4, -0.2) is 12.6 Å². The molecule has 0 bridgehead atoms. The summed E-state index contributed by atoms with van der Waals surface area (Å²) >= 11 is 0. The Hall–Kier alpha value is 0.250. The van der Waals surface area contributed by atoms with Crippen molar-refractivity contribution in [1.29, 1.82) is 0 Å². The molecule has 1 aliphatic rings. The predicted molar refractivity (Wildman–Crippen MR) is 33.6 cm³/mol. The van der Waals surface area contributed by atoms with E-state index in [2.05, 4.69) is 12.2 Å². The lowest BCUT2D eigenvalue weighted by molar-refractivity contribution is 0.724. The highest BCUT2D eigenvalue weighted by Gasteiger charge is 2.05. The summed E-state index contributed by atoms with van der Waals surface area (Å²) < 4.78 is 0. The number of rotatable bonds is 0. The summed E-state index contributed by atoms with van der Waals surface area (Å²) in [5.74, 6) is 0. The van der Waals surface area contributed by atoms with Crippen LogP contribution >= 0.6 is 12.4 Å². The van der Waals surface area contributed by atoms with Crippen molar-refractivity contribution in [3.05, 3.63) is 6.92 Å². The first-order valence-corrected chi connectivity index (χ1v) is 2.46. The van der Waals surface area contributed by atoms with E-state index in [4.69, 9.17) is 0 Å². The van der Waals surface area contributed by atoms with Crippen LogP contribution in [0.1, 0.15) is 12.8 Å². The molecule has 1 N–H and O–H groups in total. The highest BCUT2D eigenvalue weighted by Crippen LogP contribution is 2.00. The first-order chi connectivity index (χ1) is 2.89. The third-order valence-corrected chi connectivity index (χ3v) is 1.16. The van der Waals surface area contributed by atoms with Crippen LogP contribution in [0.4, 0.5) is 0 Å². The topological polar surface area (TPSA) is 12.0 Å². The molecule has 1 aliphatic heterocycles. The van der Waals surface area contributed by atoms with Crippen LogP contribution < -0.4 is 5.32 Å². The summed E-state index contributed by atoms with van der Waals surface area (Å²) in [6.45, 7) is 5.00. The van der Waals surface area contributed by atoms with Crippen molar-refractivity contribution in [2.75, 3.05) is 6.54 Å². The van der Waals surface area contributed by atoms with Gasteiger partial charge in [0.2, 0.25) is 0 Å². The van der Waals surface area contributed by atoms with E-state index in [1.807, 2.05) is 0 Å². The lowest BCUT2D eigenvalue weighted by atomic mass is 10.3. The van der Waals surface area contributed by atoms with Gasteiger partial charge in [-0.1, -0.05) is 0 Å². The number of nitrogens with one attached hydrogen (secondary N) is 1. The van der Waals surface area contributed by atoms with E-state index < -0.39 is 0 Å². The van der Waals surface area contributed by atoms with Gasteiger partial charge in [-0.05, 0) is 26.3 Å². The highest BCUT2D eigenvalue weighted by molar-refractivity contribution is 5.85. The first kappa shape index (κ1) is 7.25. The fourth-order valence-electron chi connectivity index (χ4n) is 0.757. The van der Waals surface area contributed by atoms with E-state index in [-0.39, 0.29) is 12.4 Å². The van der Waals surface area contributed by atoms with Crippen LogP contribution in [0.5, 0.6) is 0 Å². The Bertz CT molecular complexity index is 41.3. The molecule has 0 spiro atoms. The molecule has 0 aromatic rings. The average molecular weight is 121 g/mol. The van der Waals surface area contributed by atoms with Crippen molar-refractivity contribution < 1.29 is 0 Å². The molecule has 1 fully saturated rings. The summed E-state index contributed by atoms with van der Waals surface area (Å²) in [6.07, 6.45) is 2.58. The molecule has 43 valence electrons. The van der Waals surface area contributed by atoms with Gasteiger partial charge in [0, 0.05) is 6.04 Å². The minimum atomic E-state index is 0. The van der Waals surface area contributed by atoms with Gasteiger partial charge >= 0.3 is 0 Å². The molecular weight excluding hydrogens is 110 g/mol. The third kappa shape index (κ3) is 2.15. The molecule has 1 atom stereocenters. The van der Waals surface area contributed by atoms with Gasteiger partial charge in [0.15, 0.2) is 0 Å². The van der Waals surface area contributed by atoms with Crippen molar-refractivity contribution in [1.82, 2.24) is 5.32 Å². The average Bonchev–Trinajstić information content (AvgIpc) is 1.86. The van der Waals surface area contributed by atoms with Crippen molar-refractivity contribution in [3.8, 4) is 0 Å². The van der Waals surface area contributed by atoms with Gasteiger partial charge in [0.05, 0.1) is 0 Å². The molecule has 1 nitrogen and oxygen atoms in total. The molecular formula is C5H11ClN. The largest absolute Gasteiger partial charge is 0.314 e. The fourth-order valence-corrected chi connectivity index (χ4v) is 0.757. The van der Waals surface area contributed by atoms with Gasteiger partial charge < -0.3 is 5.32 Å². The van der Waals surface area contributed by atoms with Crippen LogP contribution in [0, 0.1) is 6.92 Å². The maximum absolute atomic E-state index is 3.83. The van der Waals surface area contributed by atoms with Gasteiger partial charge in [-0.25, -0.2) is 0 Å². The summed E-state index contributed by atoms with van der Waals surface area (Å²) in [7, 11) is 0. The normalized spacial score (nSPS) is 29.6. The van der Waals surface area contributed by atoms with E-state index in [0.29, 0.717) is 6.04 Å². The van der Waals surface area contributed by atoms with Gasteiger partial charge in [-0.2, -0.15) is 0 Å². The third-order valence-electron chi connectivity index (χ3n) is 1.16. The van der Waals surface area contributed by atoms with Crippen molar-refractivity contribution in [2.45, 2.75) is 18.9 Å². The number of hydrogen-bond donors (Lipinski definition) is 1. The van der Waals surface area contributed by atoms with Gasteiger partial charge in [0.1, 0.15) is 0 Å². The molecule has 0 aromatic heterocycles. The zero-order valence-corrected chi connectivity index (χ0v) is 5.13. The van der Waals surface area contributed by atoms with Crippen molar-refractivity contribution in [2.24, 2.45) is 0 Å². The molecule has 1 unspecified atom stereocenters. The molecule has 2 heteroatoms. The van der Waals surface area contributed by atoms with Gasteiger partial charge in [-0.3, -0.25) is 0 Å². The molecule has 0 saturated carbocycles. The zero-order chi connectivity index (χ0) is 4.41. The van der Waals surface area contributed by atoms with Crippen LogP contribution in [0.25, 0.3) is 0 Å². The summed E-state index contributed by atoms with van der Waals surface area (Å²) in [6, 6.07) is 0.546. The predicted octanol–water partition coefficient (Wildman–Crippen LogP) is 0.994. The monoisotopic (exact) mass is 120 g/mol. The standard InChI is InChI=1S/C5H10N.ClH/c1-5-3-2-4-6-5;/h5-6H,1-4H2;1H. The summed E-state index contributed by atoms with van der Waals surface area (Å²) in [5, 5.41) is 3.21. The second kappa shape index (κ2) is 3.28. The van der Waals surface area contributed by atoms with Crippen molar-refractivity contribution >= 4 is 12.4 Å². The Morgan fingerprint density at radius 3 is 2.43 bits per heavy atom. The number of halogens is 1. The van der Waals surface area contributed by atoms with E-state index >= 15 is 0 Å². The maximum atomic E-state index is 3.83. The second-order valence-corrected chi connectivity index (χ2v) is 1.79. The smallest absolute Gasteiger partial charge is 0.00681 e. The maximum Gasteiger partial charge on any atom is 0.00681 e. The molecule has 0 amide bonds. The molecule has 1 heterocycles. The lowest BCUT2D eigenvalue weighted by Gasteiger charge is -1.94. The summed E-state index contributed by atoms with van der Waals surface area (Å²) in [4.78, 5) is 0. The van der Waals surface area contributed by atoms with Gasteiger partial charge in [-0.15, -0.1) is 12.4 Å². The van der Waals surface area contributed by atoms with E-state index in [9.17, 15) is 0 Å². The molecule has 1 rings (SSSR count). The minimum Gasteiger partial charge on any atom is -0.314 e. The lowest BCUT2D eigenvalue weighted by Crippen LogP contribution is -2.16. The van der Waals surface area contributed by atoms with Crippen LogP contribution in [-0.2, 0) is 0 Å². The second-order valence-electron chi connectivity index (χ2n) is 1.79. The SMILES string of the molecule is Cl.[CH2]C1CCCN1.